The van der Waals surface area contributed by atoms with Crippen LogP contribution in [0.2, 0.25) is 0 Å². The van der Waals surface area contributed by atoms with Crippen LogP contribution in [0.5, 0.6) is 0 Å². The first-order chi connectivity index (χ1) is 8.97. The van der Waals surface area contributed by atoms with E-state index in [1.165, 1.54) is 4.31 Å². The molecule has 0 radical (unpaired) electrons. The predicted molar refractivity (Wildman–Crippen MR) is 78.4 cm³/mol. The number of rotatable bonds is 12. The highest BCUT2D eigenvalue weighted by molar-refractivity contribution is 7.87. The Morgan fingerprint density at radius 1 is 1.32 bits per heavy atom. The zero-order chi connectivity index (χ0) is 14.7. The summed E-state index contributed by atoms with van der Waals surface area (Å²) in [6.45, 7) is 6.69. The molecule has 1 unspecified atom stereocenters. The molecule has 0 aromatic carbocycles. The summed E-state index contributed by atoms with van der Waals surface area (Å²) in [6, 6.07) is -0.156. The van der Waals surface area contributed by atoms with E-state index >= 15 is 0 Å². The molecule has 7 heteroatoms. The lowest BCUT2D eigenvalue weighted by Crippen LogP contribution is -2.46. The molecule has 19 heavy (non-hydrogen) atoms. The minimum Gasteiger partial charge on any atom is -0.383 e. The van der Waals surface area contributed by atoms with E-state index in [0.717, 1.165) is 32.4 Å². The summed E-state index contributed by atoms with van der Waals surface area (Å²) in [5, 5.41) is 3.17. The maximum Gasteiger partial charge on any atom is 0.279 e. The molecule has 116 valence electrons. The van der Waals surface area contributed by atoms with Crippen molar-refractivity contribution in [1.29, 1.82) is 0 Å². The van der Waals surface area contributed by atoms with Gasteiger partial charge in [-0.2, -0.15) is 17.4 Å². The highest BCUT2D eigenvalue weighted by atomic mass is 32.2. The van der Waals surface area contributed by atoms with Gasteiger partial charge >= 0.3 is 0 Å². The fourth-order valence-corrected chi connectivity index (χ4v) is 2.91. The molecule has 0 rings (SSSR count). The Bertz CT molecular complexity index is 303. The van der Waals surface area contributed by atoms with Crippen molar-refractivity contribution in [3.8, 4) is 0 Å². The van der Waals surface area contributed by atoms with Crippen molar-refractivity contribution in [2.75, 3.05) is 40.4 Å². The first kappa shape index (κ1) is 18.8. The van der Waals surface area contributed by atoms with Gasteiger partial charge in [-0.05, 0) is 25.9 Å². The van der Waals surface area contributed by atoms with Gasteiger partial charge in [0, 0.05) is 26.7 Å². The summed E-state index contributed by atoms with van der Waals surface area (Å²) in [5.74, 6) is 0. The van der Waals surface area contributed by atoms with Crippen LogP contribution in [0, 0.1) is 0 Å². The first-order valence-corrected chi connectivity index (χ1v) is 8.35. The maximum absolute atomic E-state index is 12.1. The Balaban J connectivity index is 4.25. The van der Waals surface area contributed by atoms with Gasteiger partial charge in [-0.1, -0.05) is 20.3 Å². The topological polar surface area (TPSA) is 70.7 Å². The van der Waals surface area contributed by atoms with Crippen molar-refractivity contribution < 1.29 is 13.2 Å². The molecule has 0 fully saturated rings. The molecule has 6 nitrogen and oxygen atoms in total. The summed E-state index contributed by atoms with van der Waals surface area (Å²) < 4.78 is 33.3. The second-order valence-corrected chi connectivity index (χ2v) is 6.40. The zero-order valence-electron chi connectivity index (χ0n) is 12.6. The summed E-state index contributed by atoms with van der Waals surface area (Å²) in [7, 11) is -0.234. The Morgan fingerprint density at radius 2 is 2.00 bits per heavy atom. The minimum atomic E-state index is -3.42. The average molecular weight is 295 g/mol. The van der Waals surface area contributed by atoms with Gasteiger partial charge < -0.3 is 10.1 Å². The van der Waals surface area contributed by atoms with Crippen LogP contribution < -0.4 is 10.0 Å². The van der Waals surface area contributed by atoms with Gasteiger partial charge in [-0.25, -0.2) is 0 Å². The van der Waals surface area contributed by atoms with Gasteiger partial charge in [0.15, 0.2) is 0 Å². The van der Waals surface area contributed by atoms with E-state index in [1.807, 2.05) is 13.8 Å². The predicted octanol–water partition coefficient (Wildman–Crippen LogP) is 0.567. The Morgan fingerprint density at radius 3 is 2.53 bits per heavy atom. The highest BCUT2D eigenvalue weighted by Gasteiger charge is 2.21. The molecule has 0 spiro atoms. The quantitative estimate of drug-likeness (QED) is 0.516. The number of hydrogen-bond donors (Lipinski definition) is 2. The Labute approximate surface area is 118 Å². The van der Waals surface area contributed by atoms with Crippen LogP contribution in [0.15, 0.2) is 0 Å². The van der Waals surface area contributed by atoms with Crippen LogP contribution in [0.4, 0.5) is 0 Å². The molecule has 1 atom stereocenters. The van der Waals surface area contributed by atoms with Crippen molar-refractivity contribution in [2.45, 2.75) is 39.2 Å². The summed E-state index contributed by atoms with van der Waals surface area (Å²) >= 11 is 0. The highest BCUT2D eigenvalue weighted by Crippen LogP contribution is 2.03. The van der Waals surface area contributed by atoms with Gasteiger partial charge in [0.1, 0.15) is 0 Å². The third-order valence-corrected chi connectivity index (χ3v) is 4.44. The third-order valence-electron chi connectivity index (χ3n) is 2.81. The summed E-state index contributed by atoms with van der Waals surface area (Å²) in [5.41, 5.74) is 0. The van der Waals surface area contributed by atoms with E-state index in [2.05, 4.69) is 10.0 Å². The second-order valence-electron chi connectivity index (χ2n) is 4.59. The van der Waals surface area contributed by atoms with Crippen LogP contribution in [-0.4, -0.2) is 59.2 Å². The molecular weight excluding hydrogens is 266 g/mol. The van der Waals surface area contributed by atoms with E-state index in [4.69, 9.17) is 4.74 Å². The van der Waals surface area contributed by atoms with Gasteiger partial charge in [-0.3, -0.25) is 0 Å². The zero-order valence-corrected chi connectivity index (χ0v) is 13.4. The molecule has 0 heterocycles. The van der Waals surface area contributed by atoms with Crippen molar-refractivity contribution in [1.82, 2.24) is 14.3 Å². The molecule has 2 N–H and O–H groups in total. The average Bonchev–Trinajstić information content (AvgIpc) is 2.34. The SMILES string of the molecule is CCCC(COC)NS(=O)(=O)N(C)CCCNCC. The number of nitrogens with zero attached hydrogens (tertiary/aromatic N) is 1. The second kappa shape index (κ2) is 10.6. The Hall–Kier alpha value is -0.210. The maximum atomic E-state index is 12.1. The van der Waals surface area contributed by atoms with Crippen molar-refractivity contribution in [2.24, 2.45) is 0 Å². The molecule has 0 aromatic rings. The fourth-order valence-electron chi connectivity index (χ4n) is 1.75. The molecular formula is C12H29N3O3S. The molecule has 0 bridgehead atoms. The number of methoxy groups -OCH3 is 1. The van der Waals surface area contributed by atoms with E-state index in [-0.39, 0.29) is 6.04 Å². The van der Waals surface area contributed by atoms with Crippen LogP contribution in [0.25, 0.3) is 0 Å². The summed E-state index contributed by atoms with van der Waals surface area (Å²) in [4.78, 5) is 0. The van der Waals surface area contributed by atoms with E-state index in [0.29, 0.717) is 13.2 Å². The van der Waals surface area contributed by atoms with Crippen LogP contribution >= 0.6 is 0 Å². The van der Waals surface area contributed by atoms with Crippen LogP contribution in [0.3, 0.4) is 0 Å². The van der Waals surface area contributed by atoms with E-state index in [9.17, 15) is 8.42 Å². The van der Waals surface area contributed by atoms with Crippen molar-refractivity contribution >= 4 is 10.2 Å². The number of nitrogens with one attached hydrogen (secondary N) is 2. The van der Waals surface area contributed by atoms with Crippen LogP contribution in [-0.2, 0) is 14.9 Å². The lowest BCUT2D eigenvalue weighted by molar-refractivity contribution is 0.170. The summed E-state index contributed by atoms with van der Waals surface area (Å²) in [6.07, 6.45) is 2.49. The number of ether oxygens (including phenoxy) is 1. The normalized spacial score (nSPS) is 13.9. The lowest BCUT2D eigenvalue weighted by atomic mass is 10.2. The minimum absolute atomic E-state index is 0.156. The van der Waals surface area contributed by atoms with Gasteiger partial charge in [-0.15, -0.1) is 0 Å². The fraction of sp³-hybridized carbons (Fsp3) is 1.00. The molecule has 0 aliphatic carbocycles. The molecule has 0 saturated carbocycles. The molecule has 0 amide bonds. The number of hydrogen-bond acceptors (Lipinski definition) is 4. The standard InChI is InChI=1S/C12H29N3O3S/c1-5-8-12(11-18-4)14-19(16,17)15(3)10-7-9-13-6-2/h12-14H,5-11H2,1-4H3. The van der Waals surface area contributed by atoms with E-state index in [1.54, 1.807) is 14.2 Å². The third kappa shape index (κ3) is 8.54. The largest absolute Gasteiger partial charge is 0.383 e. The van der Waals surface area contributed by atoms with Crippen molar-refractivity contribution in [3.63, 3.8) is 0 Å². The molecule has 0 aromatic heterocycles. The van der Waals surface area contributed by atoms with E-state index < -0.39 is 10.2 Å². The Kier molecular flexibility index (Phi) is 10.4. The van der Waals surface area contributed by atoms with Gasteiger partial charge in [0.2, 0.25) is 0 Å². The van der Waals surface area contributed by atoms with Crippen LogP contribution in [0.1, 0.15) is 33.1 Å². The molecule has 0 aliphatic heterocycles. The van der Waals surface area contributed by atoms with Crippen molar-refractivity contribution in [3.05, 3.63) is 0 Å². The first-order valence-electron chi connectivity index (χ1n) is 6.91. The smallest absolute Gasteiger partial charge is 0.279 e. The molecule has 0 aliphatic rings. The van der Waals surface area contributed by atoms with Gasteiger partial charge in [0.05, 0.1) is 6.61 Å². The van der Waals surface area contributed by atoms with Gasteiger partial charge in [0.25, 0.3) is 10.2 Å². The monoisotopic (exact) mass is 295 g/mol. The molecule has 0 saturated heterocycles. The lowest BCUT2D eigenvalue weighted by Gasteiger charge is -2.22.